The maximum absolute atomic E-state index is 13.3. The first-order chi connectivity index (χ1) is 16.2. The number of nitrogens with zero attached hydrogens (tertiary/aromatic N) is 3. The standard InChI is InChI=1S/C25H29N5O3/c31-23-19(25(32)30-9-11-33-12-10-30)13-20(27-15-17-5-4-8-26-14-17)22(23)21-16-28-24(29-21)18-6-2-1-3-7-18/h1-8,14,16,19-20,22-23,27,31H,9-13,15H2,(H,28,29)/t19-,20+,22+,23+/m0/s1. The normalized spacial score (nSPS) is 25.3. The van der Waals surface area contributed by atoms with Crippen LogP contribution in [0.2, 0.25) is 0 Å². The molecule has 1 aliphatic carbocycles. The van der Waals surface area contributed by atoms with Crippen molar-refractivity contribution < 1.29 is 14.6 Å². The molecule has 0 bridgehead atoms. The summed E-state index contributed by atoms with van der Waals surface area (Å²) in [6.45, 7) is 2.84. The van der Waals surface area contributed by atoms with Crippen LogP contribution in [0.25, 0.3) is 11.4 Å². The third-order valence-corrected chi connectivity index (χ3v) is 6.65. The summed E-state index contributed by atoms with van der Waals surface area (Å²) >= 11 is 0. The number of H-pyrrole nitrogens is 1. The minimum absolute atomic E-state index is 0.00396. The number of morpholine rings is 1. The predicted octanol–water partition coefficient (Wildman–Crippen LogP) is 1.95. The van der Waals surface area contributed by atoms with Gasteiger partial charge in [-0.25, -0.2) is 4.98 Å². The van der Waals surface area contributed by atoms with Crippen LogP contribution in [0.1, 0.15) is 23.6 Å². The molecule has 1 aliphatic heterocycles. The van der Waals surface area contributed by atoms with Gasteiger partial charge in [-0.2, -0.15) is 0 Å². The number of carbonyl (C=O) groups excluding carboxylic acids is 1. The van der Waals surface area contributed by atoms with Gasteiger partial charge in [0.2, 0.25) is 5.91 Å². The Balaban J connectivity index is 1.39. The molecule has 0 radical (unpaired) electrons. The first-order valence-electron chi connectivity index (χ1n) is 11.5. The lowest BCUT2D eigenvalue weighted by atomic mass is 9.95. The molecule has 5 rings (SSSR count). The van der Waals surface area contributed by atoms with Crippen molar-refractivity contribution in [1.29, 1.82) is 0 Å². The molecule has 8 nitrogen and oxygen atoms in total. The molecular formula is C25H29N5O3. The van der Waals surface area contributed by atoms with Crippen molar-refractivity contribution in [3.8, 4) is 11.4 Å². The Morgan fingerprint density at radius 2 is 1.97 bits per heavy atom. The van der Waals surface area contributed by atoms with Gasteiger partial charge in [0, 0.05) is 61.4 Å². The van der Waals surface area contributed by atoms with Crippen molar-refractivity contribution in [1.82, 2.24) is 25.2 Å². The molecule has 1 saturated heterocycles. The van der Waals surface area contributed by atoms with Crippen molar-refractivity contribution in [2.75, 3.05) is 26.3 Å². The minimum Gasteiger partial charge on any atom is -0.392 e. The van der Waals surface area contributed by atoms with Crippen LogP contribution in [0, 0.1) is 5.92 Å². The molecule has 4 atom stereocenters. The Morgan fingerprint density at radius 3 is 2.73 bits per heavy atom. The summed E-state index contributed by atoms with van der Waals surface area (Å²) in [5, 5.41) is 14.9. The topological polar surface area (TPSA) is 103 Å². The fraction of sp³-hybridized carbons (Fsp3) is 0.400. The zero-order chi connectivity index (χ0) is 22.6. The number of hydrogen-bond donors (Lipinski definition) is 3. The van der Waals surface area contributed by atoms with Gasteiger partial charge < -0.3 is 25.0 Å². The van der Waals surface area contributed by atoms with E-state index in [9.17, 15) is 9.90 Å². The molecule has 1 saturated carbocycles. The van der Waals surface area contributed by atoms with E-state index in [0.29, 0.717) is 39.3 Å². The van der Waals surface area contributed by atoms with Crippen LogP contribution in [0.3, 0.4) is 0 Å². The quantitative estimate of drug-likeness (QED) is 0.534. The molecule has 0 spiro atoms. The van der Waals surface area contributed by atoms with Gasteiger partial charge in [0.05, 0.1) is 25.2 Å². The molecule has 1 aromatic carbocycles. The lowest BCUT2D eigenvalue weighted by Gasteiger charge is -2.30. The van der Waals surface area contributed by atoms with Crippen LogP contribution in [0.4, 0.5) is 0 Å². The van der Waals surface area contributed by atoms with Crippen LogP contribution in [-0.2, 0) is 16.1 Å². The Morgan fingerprint density at radius 1 is 1.15 bits per heavy atom. The smallest absolute Gasteiger partial charge is 0.228 e. The summed E-state index contributed by atoms with van der Waals surface area (Å²) in [6.07, 6.45) is 5.11. The van der Waals surface area contributed by atoms with E-state index in [1.165, 1.54) is 0 Å². The largest absolute Gasteiger partial charge is 0.392 e. The van der Waals surface area contributed by atoms with E-state index >= 15 is 0 Å². The summed E-state index contributed by atoms with van der Waals surface area (Å²) in [5.41, 5.74) is 2.88. The molecule has 3 aromatic rings. The minimum atomic E-state index is -0.809. The van der Waals surface area contributed by atoms with Gasteiger partial charge in [-0.1, -0.05) is 36.4 Å². The van der Waals surface area contributed by atoms with Gasteiger partial charge in [0.15, 0.2) is 0 Å². The fourth-order valence-electron chi connectivity index (χ4n) is 4.92. The molecule has 2 aromatic heterocycles. The molecule has 3 N–H and O–H groups in total. The number of amides is 1. The Kier molecular flexibility index (Phi) is 6.48. The summed E-state index contributed by atoms with van der Waals surface area (Å²) in [6, 6.07) is 13.7. The number of ether oxygens (including phenoxy) is 1. The average Bonchev–Trinajstić information content (AvgIpc) is 3.48. The second kappa shape index (κ2) is 9.82. The lowest BCUT2D eigenvalue weighted by Crippen LogP contribution is -2.45. The zero-order valence-electron chi connectivity index (χ0n) is 18.4. The monoisotopic (exact) mass is 447 g/mol. The summed E-state index contributed by atoms with van der Waals surface area (Å²) in [5.74, 6) is 0.0145. The van der Waals surface area contributed by atoms with Gasteiger partial charge in [0.1, 0.15) is 5.82 Å². The molecule has 33 heavy (non-hydrogen) atoms. The van der Waals surface area contributed by atoms with Crippen molar-refractivity contribution in [2.24, 2.45) is 5.92 Å². The number of pyridine rings is 1. The molecule has 2 fully saturated rings. The lowest BCUT2D eigenvalue weighted by molar-refractivity contribution is -0.142. The number of aromatic amines is 1. The average molecular weight is 448 g/mol. The number of hydrogen-bond acceptors (Lipinski definition) is 6. The van der Waals surface area contributed by atoms with Gasteiger partial charge in [-0.3, -0.25) is 9.78 Å². The van der Waals surface area contributed by atoms with Crippen molar-refractivity contribution in [3.63, 3.8) is 0 Å². The third-order valence-electron chi connectivity index (χ3n) is 6.65. The molecular weight excluding hydrogens is 418 g/mol. The second-order valence-electron chi connectivity index (χ2n) is 8.70. The van der Waals surface area contributed by atoms with E-state index in [0.717, 1.165) is 22.6 Å². The molecule has 3 heterocycles. The SMILES string of the molecule is O=C([C@H]1C[C@@H](NCc2cccnc2)[C@H](c2cnc(-c3ccccc3)[nH]2)[C@@H]1O)N1CCOCC1. The first-order valence-corrected chi connectivity index (χ1v) is 11.5. The number of aliphatic hydroxyl groups is 1. The molecule has 0 unspecified atom stereocenters. The maximum atomic E-state index is 13.3. The maximum Gasteiger partial charge on any atom is 0.228 e. The summed E-state index contributed by atoms with van der Waals surface area (Å²) < 4.78 is 5.40. The molecule has 172 valence electrons. The van der Waals surface area contributed by atoms with E-state index in [2.05, 4.69) is 20.3 Å². The summed E-state index contributed by atoms with van der Waals surface area (Å²) in [7, 11) is 0. The van der Waals surface area contributed by atoms with E-state index in [4.69, 9.17) is 4.74 Å². The fourth-order valence-corrected chi connectivity index (χ4v) is 4.92. The molecule has 1 amide bonds. The van der Waals surface area contributed by atoms with Crippen molar-refractivity contribution in [2.45, 2.75) is 31.0 Å². The zero-order valence-corrected chi connectivity index (χ0v) is 18.4. The van der Waals surface area contributed by atoms with E-state index in [1.807, 2.05) is 53.6 Å². The number of benzene rings is 1. The number of aromatic nitrogens is 3. The first kappa shape index (κ1) is 21.8. The van der Waals surface area contributed by atoms with Gasteiger partial charge in [-0.15, -0.1) is 0 Å². The van der Waals surface area contributed by atoms with E-state index in [1.54, 1.807) is 12.4 Å². The van der Waals surface area contributed by atoms with Crippen LogP contribution >= 0.6 is 0 Å². The van der Waals surface area contributed by atoms with E-state index < -0.39 is 12.0 Å². The number of aliphatic hydroxyl groups excluding tert-OH is 1. The van der Waals surface area contributed by atoms with E-state index in [-0.39, 0.29) is 17.9 Å². The Bertz CT molecular complexity index is 1050. The number of carbonyl (C=O) groups is 1. The van der Waals surface area contributed by atoms with Gasteiger partial charge in [0.25, 0.3) is 0 Å². The highest BCUT2D eigenvalue weighted by Crippen LogP contribution is 2.40. The van der Waals surface area contributed by atoms with Crippen LogP contribution in [0.5, 0.6) is 0 Å². The van der Waals surface area contributed by atoms with Crippen molar-refractivity contribution >= 4 is 5.91 Å². The highest BCUT2D eigenvalue weighted by Gasteiger charge is 2.48. The predicted molar refractivity (Wildman–Crippen MR) is 123 cm³/mol. The number of imidazole rings is 1. The summed E-state index contributed by atoms with van der Waals surface area (Å²) in [4.78, 5) is 27.2. The van der Waals surface area contributed by atoms with Gasteiger partial charge >= 0.3 is 0 Å². The van der Waals surface area contributed by atoms with Gasteiger partial charge in [-0.05, 0) is 18.1 Å². The number of rotatable bonds is 6. The molecule has 2 aliphatic rings. The van der Waals surface area contributed by atoms with Crippen molar-refractivity contribution in [3.05, 3.63) is 72.3 Å². The Hall–Kier alpha value is -3.07. The van der Waals surface area contributed by atoms with Crippen LogP contribution < -0.4 is 5.32 Å². The Labute approximate surface area is 193 Å². The second-order valence-corrected chi connectivity index (χ2v) is 8.70. The highest BCUT2D eigenvalue weighted by molar-refractivity contribution is 5.80. The highest BCUT2D eigenvalue weighted by atomic mass is 16.5. The number of nitrogens with one attached hydrogen (secondary N) is 2. The van der Waals surface area contributed by atoms with Crippen LogP contribution in [-0.4, -0.2) is 69.3 Å². The molecule has 8 heteroatoms. The third kappa shape index (κ3) is 4.68. The van der Waals surface area contributed by atoms with Crippen LogP contribution in [0.15, 0.2) is 61.1 Å².